The van der Waals surface area contributed by atoms with Gasteiger partial charge in [0, 0.05) is 12.2 Å². The zero-order chi connectivity index (χ0) is 27.5. The van der Waals surface area contributed by atoms with E-state index >= 15 is 0 Å². The molecule has 0 unspecified atom stereocenters. The predicted octanol–water partition coefficient (Wildman–Crippen LogP) is 8.07. The molecular weight excluding hydrogens is 494 g/mol. The van der Waals surface area contributed by atoms with E-state index in [1.165, 1.54) is 24.8 Å². The Labute approximate surface area is 237 Å². The van der Waals surface area contributed by atoms with Crippen molar-refractivity contribution in [3.8, 4) is 22.6 Å². The average Bonchev–Trinajstić information content (AvgIpc) is 3.76. The fraction of sp³-hybridized carbons (Fsp3) is 0.306. The lowest BCUT2D eigenvalue weighted by Crippen LogP contribution is -2.25. The molecule has 1 saturated carbocycles. The Morgan fingerprint density at radius 3 is 1.93 bits per heavy atom. The third-order valence-electron chi connectivity index (χ3n) is 8.12. The molecule has 4 aromatic rings. The monoisotopic (exact) mass is 531 g/mol. The van der Waals surface area contributed by atoms with Crippen LogP contribution in [0, 0.1) is 12.8 Å². The number of fused-ring (bicyclic) bond motifs is 1. The summed E-state index contributed by atoms with van der Waals surface area (Å²) >= 11 is 0. The molecule has 0 spiro atoms. The van der Waals surface area contributed by atoms with Crippen molar-refractivity contribution in [3.63, 3.8) is 0 Å². The third kappa shape index (κ3) is 5.62. The number of rotatable bonds is 11. The van der Waals surface area contributed by atoms with Crippen LogP contribution in [0.1, 0.15) is 54.0 Å². The molecule has 0 saturated heterocycles. The number of hydrogen-bond donors (Lipinski definition) is 0. The van der Waals surface area contributed by atoms with Crippen molar-refractivity contribution < 1.29 is 14.3 Å². The number of nitrogens with zero attached hydrogens (tertiary/aromatic N) is 1. The summed E-state index contributed by atoms with van der Waals surface area (Å²) in [7, 11) is 0. The molecule has 1 heterocycles. The van der Waals surface area contributed by atoms with E-state index in [4.69, 9.17) is 9.47 Å². The highest BCUT2D eigenvalue weighted by atomic mass is 16.5. The Hall–Kier alpha value is -4.05. The zero-order valence-electron chi connectivity index (χ0n) is 23.5. The normalized spacial score (nSPS) is 14.3. The summed E-state index contributed by atoms with van der Waals surface area (Å²) in [5.74, 6) is 2.62. The predicted molar refractivity (Wildman–Crippen MR) is 161 cm³/mol. The summed E-state index contributed by atoms with van der Waals surface area (Å²) < 4.78 is 13.3. The summed E-state index contributed by atoms with van der Waals surface area (Å²) in [5, 5.41) is 0. The highest BCUT2D eigenvalue weighted by Crippen LogP contribution is 2.48. The summed E-state index contributed by atoms with van der Waals surface area (Å²) in [6, 6.07) is 29.2. The second-order valence-electron chi connectivity index (χ2n) is 11.1. The van der Waals surface area contributed by atoms with E-state index in [-0.39, 0.29) is 5.91 Å². The molecule has 0 atom stereocenters. The Bertz CT molecular complexity index is 1430. The van der Waals surface area contributed by atoms with Gasteiger partial charge in [-0.15, -0.1) is 0 Å². The van der Waals surface area contributed by atoms with Crippen molar-refractivity contribution in [2.45, 2.75) is 59.2 Å². The number of anilines is 1. The van der Waals surface area contributed by atoms with E-state index in [1.54, 1.807) is 0 Å². The molecule has 4 nitrogen and oxygen atoms in total. The number of carbonyl (C=O) groups is 1. The Morgan fingerprint density at radius 1 is 0.775 bits per heavy atom. The lowest BCUT2D eigenvalue weighted by Gasteiger charge is -2.22. The average molecular weight is 532 g/mol. The van der Waals surface area contributed by atoms with E-state index in [0.29, 0.717) is 26.2 Å². The minimum Gasteiger partial charge on any atom is -0.488 e. The van der Waals surface area contributed by atoms with Gasteiger partial charge in [0.25, 0.3) is 0 Å². The van der Waals surface area contributed by atoms with Crippen LogP contribution in [0.3, 0.4) is 0 Å². The van der Waals surface area contributed by atoms with E-state index in [2.05, 4.69) is 55.5 Å². The molecule has 4 heteroatoms. The van der Waals surface area contributed by atoms with Crippen LogP contribution in [0.4, 0.5) is 5.69 Å². The molecule has 204 valence electrons. The van der Waals surface area contributed by atoms with Crippen molar-refractivity contribution in [3.05, 3.63) is 113 Å². The first-order valence-electron chi connectivity index (χ1n) is 14.5. The first kappa shape index (κ1) is 26.2. The highest BCUT2D eigenvalue weighted by molar-refractivity contribution is 6.05. The van der Waals surface area contributed by atoms with Crippen molar-refractivity contribution in [1.29, 1.82) is 0 Å². The van der Waals surface area contributed by atoms with Gasteiger partial charge in [0.2, 0.25) is 5.91 Å². The fourth-order valence-corrected chi connectivity index (χ4v) is 5.77. The van der Waals surface area contributed by atoms with Gasteiger partial charge in [0.15, 0.2) is 0 Å². The summed E-state index contributed by atoms with van der Waals surface area (Å²) in [4.78, 5) is 14.9. The van der Waals surface area contributed by atoms with Gasteiger partial charge in [-0.1, -0.05) is 79.6 Å². The molecule has 1 aliphatic carbocycles. The van der Waals surface area contributed by atoms with Crippen LogP contribution in [0.15, 0.2) is 84.9 Å². The molecule has 0 radical (unpaired) electrons. The van der Waals surface area contributed by atoms with Crippen molar-refractivity contribution in [2.24, 2.45) is 5.92 Å². The second-order valence-corrected chi connectivity index (χ2v) is 11.1. The number of likely N-dealkylation sites (N-methyl/N-ethyl adjacent to an activating group) is 1. The van der Waals surface area contributed by atoms with Gasteiger partial charge in [-0.05, 0) is 84.2 Å². The number of benzene rings is 4. The minimum absolute atomic E-state index is 0.143. The highest BCUT2D eigenvalue weighted by Gasteiger charge is 2.32. The molecule has 40 heavy (non-hydrogen) atoms. The minimum atomic E-state index is 0.143. The van der Waals surface area contributed by atoms with E-state index < -0.39 is 0 Å². The number of carbonyl (C=O) groups excluding carboxylic acids is 1. The number of aryl methyl sites for hydroxylation is 2. The largest absolute Gasteiger partial charge is 0.488 e. The number of hydrogen-bond acceptors (Lipinski definition) is 3. The third-order valence-corrected chi connectivity index (χ3v) is 8.12. The van der Waals surface area contributed by atoms with Crippen molar-refractivity contribution in [1.82, 2.24) is 0 Å². The van der Waals surface area contributed by atoms with E-state index in [0.717, 1.165) is 62.9 Å². The topological polar surface area (TPSA) is 38.8 Å². The van der Waals surface area contributed by atoms with Gasteiger partial charge >= 0.3 is 0 Å². The molecule has 0 aromatic heterocycles. The standard InChI is InChI=1S/C36H37NO3/c1-3-37-31-19-14-25(2)35(30(31)22-34(37)38)36-32(39-23-27-10-6-4-7-11-27)20-29(18-17-26-15-16-26)21-33(36)40-24-28-12-8-5-9-13-28/h4-14,19-21,26H,3,15-18,22-24H2,1-2H3. The van der Waals surface area contributed by atoms with E-state index in [9.17, 15) is 4.79 Å². The molecular formula is C36H37NO3. The van der Waals surface area contributed by atoms with Crippen molar-refractivity contribution >= 4 is 11.6 Å². The summed E-state index contributed by atoms with van der Waals surface area (Å²) in [5.41, 5.74) is 8.64. The van der Waals surface area contributed by atoms with Crippen LogP contribution >= 0.6 is 0 Å². The van der Waals surface area contributed by atoms with Crippen LogP contribution in [0.5, 0.6) is 11.5 Å². The van der Waals surface area contributed by atoms with Crippen LogP contribution in [0.25, 0.3) is 11.1 Å². The Balaban J connectivity index is 1.48. The lowest BCUT2D eigenvalue weighted by molar-refractivity contribution is -0.117. The first-order valence-corrected chi connectivity index (χ1v) is 14.5. The van der Waals surface area contributed by atoms with Gasteiger partial charge in [0.05, 0.1) is 12.0 Å². The maximum absolute atomic E-state index is 13.0. The SMILES string of the molecule is CCN1C(=O)Cc2c1ccc(C)c2-c1c(OCc2ccccc2)cc(CCC2CC2)cc1OCc1ccccc1. The zero-order valence-corrected chi connectivity index (χ0v) is 23.5. The van der Waals surface area contributed by atoms with E-state index in [1.807, 2.05) is 48.2 Å². The summed E-state index contributed by atoms with van der Waals surface area (Å²) in [6.45, 7) is 5.74. The molecule has 1 amide bonds. The van der Waals surface area contributed by atoms with Gasteiger partial charge in [-0.25, -0.2) is 0 Å². The molecule has 4 aromatic carbocycles. The van der Waals surface area contributed by atoms with Crippen LogP contribution in [-0.4, -0.2) is 12.5 Å². The second kappa shape index (κ2) is 11.6. The summed E-state index contributed by atoms with van der Waals surface area (Å²) in [6.07, 6.45) is 5.26. The maximum Gasteiger partial charge on any atom is 0.231 e. The quantitative estimate of drug-likeness (QED) is 0.196. The number of amides is 1. The molecule has 1 fully saturated rings. The van der Waals surface area contributed by atoms with Crippen molar-refractivity contribution in [2.75, 3.05) is 11.4 Å². The Morgan fingerprint density at radius 2 is 1.38 bits per heavy atom. The molecule has 2 aliphatic rings. The maximum atomic E-state index is 13.0. The molecule has 0 bridgehead atoms. The van der Waals surface area contributed by atoms with Crippen LogP contribution in [0.2, 0.25) is 0 Å². The lowest BCUT2D eigenvalue weighted by atomic mass is 9.90. The van der Waals surface area contributed by atoms with Gasteiger partial charge < -0.3 is 14.4 Å². The van der Waals surface area contributed by atoms with Gasteiger partial charge in [-0.3, -0.25) is 4.79 Å². The van der Waals surface area contributed by atoms with Gasteiger partial charge in [0.1, 0.15) is 24.7 Å². The van der Waals surface area contributed by atoms with Crippen LogP contribution < -0.4 is 14.4 Å². The van der Waals surface area contributed by atoms with Gasteiger partial charge in [-0.2, -0.15) is 0 Å². The number of ether oxygens (including phenoxy) is 2. The smallest absolute Gasteiger partial charge is 0.231 e. The van der Waals surface area contributed by atoms with Crippen LogP contribution in [-0.2, 0) is 30.8 Å². The molecule has 1 aliphatic heterocycles. The fourth-order valence-electron chi connectivity index (χ4n) is 5.77. The molecule has 6 rings (SSSR count). The Kier molecular flexibility index (Phi) is 7.59. The first-order chi connectivity index (χ1) is 19.6. The molecule has 0 N–H and O–H groups in total.